The Morgan fingerprint density at radius 3 is 2.50 bits per heavy atom. The fourth-order valence-electron chi connectivity index (χ4n) is 1.62. The zero-order valence-electron chi connectivity index (χ0n) is 12.2. The van der Waals surface area contributed by atoms with Gasteiger partial charge in [-0.3, -0.25) is 4.79 Å². The molecule has 0 aliphatic rings. The minimum Gasteiger partial charge on any atom is -0.378 e. The Balaban J connectivity index is 3.62. The Bertz CT molecular complexity index is 220. The summed E-state index contributed by atoms with van der Waals surface area (Å²) in [6, 6.07) is 0. The molecule has 0 heterocycles. The summed E-state index contributed by atoms with van der Waals surface area (Å²) in [5, 5.41) is 2.87. The molecule has 108 valence electrons. The number of rotatable bonds is 10. The molecule has 0 aromatic rings. The van der Waals surface area contributed by atoms with Gasteiger partial charge in [-0.15, -0.1) is 0 Å². The predicted octanol–water partition coefficient (Wildman–Crippen LogP) is 0.302. The van der Waals surface area contributed by atoms with Crippen molar-refractivity contribution in [2.24, 2.45) is 17.6 Å². The lowest BCUT2D eigenvalue weighted by molar-refractivity contribution is -0.125. The van der Waals surface area contributed by atoms with E-state index in [1.165, 1.54) is 0 Å². The van der Waals surface area contributed by atoms with Crippen LogP contribution in [0.4, 0.5) is 0 Å². The van der Waals surface area contributed by atoms with Crippen LogP contribution < -0.4 is 11.1 Å². The molecule has 0 saturated heterocycles. The first-order valence-corrected chi connectivity index (χ1v) is 6.67. The van der Waals surface area contributed by atoms with E-state index in [2.05, 4.69) is 24.1 Å². The number of carbonyl (C=O) groups excluding carboxylic acids is 1. The molecule has 0 saturated carbocycles. The molecular formula is C13H29N3O2. The quantitative estimate of drug-likeness (QED) is 0.554. The van der Waals surface area contributed by atoms with E-state index in [-0.39, 0.29) is 11.8 Å². The smallest absolute Gasteiger partial charge is 0.224 e. The highest BCUT2D eigenvalue weighted by Gasteiger charge is 2.17. The topological polar surface area (TPSA) is 67.6 Å². The molecule has 5 nitrogen and oxygen atoms in total. The first kappa shape index (κ1) is 17.4. The van der Waals surface area contributed by atoms with Crippen molar-refractivity contribution < 1.29 is 9.53 Å². The molecule has 0 aliphatic carbocycles. The maximum atomic E-state index is 11.8. The summed E-state index contributed by atoms with van der Waals surface area (Å²) >= 11 is 0. The number of carbonyl (C=O) groups is 1. The van der Waals surface area contributed by atoms with E-state index in [0.717, 1.165) is 13.0 Å². The number of hydrogen-bond donors (Lipinski definition) is 2. The molecule has 0 spiro atoms. The molecule has 0 bridgehead atoms. The second-order valence-electron chi connectivity index (χ2n) is 5.27. The third-order valence-corrected chi connectivity index (χ3v) is 2.64. The van der Waals surface area contributed by atoms with Gasteiger partial charge in [-0.2, -0.15) is 0 Å². The summed E-state index contributed by atoms with van der Waals surface area (Å²) in [5.41, 5.74) is 5.61. The first-order chi connectivity index (χ1) is 8.47. The summed E-state index contributed by atoms with van der Waals surface area (Å²) in [4.78, 5) is 13.9. The summed E-state index contributed by atoms with van der Waals surface area (Å²) in [7, 11) is 4.01. The Morgan fingerprint density at radius 1 is 1.33 bits per heavy atom. The fraction of sp³-hybridized carbons (Fsp3) is 0.923. The van der Waals surface area contributed by atoms with E-state index in [1.54, 1.807) is 0 Å². The van der Waals surface area contributed by atoms with Gasteiger partial charge in [-0.05, 0) is 26.4 Å². The van der Waals surface area contributed by atoms with Crippen LogP contribution in [0, 0.1) is 11.8 Å². The van der Waals surface area contributed by atoms with Gasteiger partial charge < -0.3 is 20.7 Å². The van der Waals surface area contributed by atoms with Gasteiger partial charge in [0, 0.05) is 19.6 Å². The van der Waals surface area contributed by atoms with Gasteiger partial charge >= 0.3 is 0 Å². The lowest BCUT2D eigenvalue weighted by Crippen LogP contribution is -2.37. The van der Waals surface area contributed by atoms with Crippen molar-refractivity contribution in [1.82, 2.24) is 10.2 Å². The second-order valence-corrected chi connectivity index (χ2v) is 5.27. The molecule has 0 aliphatic heterocycles. The van der Waals surface area contributed by atoms with E-state index >= 15 is 0 Å². The lowest BCUT2D eigenvalue weighted by atomic mass is 9.96. The molecule has 0 aromatic heterocycles. The highest BCUT2D eigenvalue weighted by atomic mass is 16.5. The lowest BCUT2D eigenvalue weighted by Gasteiger charge is -2.17. The second kappa shape index (κ2) is 10.3. The van der Waals surface area contributed by atoms with Crippen molar-refractivity contribution in [3.8, 4) is 0 Å². The summed E-state index contributed by atoms with van der Waals surface area (Å²) in [6.45, 7) is 7.30. The van der Waals surface area contributed by atoms with Crippen molar-refractivity contribution in [3.05, 3.63) is 0 Å². The molecule has 18 heavy (non-hydrogen) atoms. The van der Waals surface area contributed by atoms with Gasteiger partial charge in [0.2, 0.25) is 5.91 Å². The molecule has 1 amide bonds. The standard InChI is InChI=1S/C13H29N3O2/c1-11(2)9-12(10-14)13(17)15-5-7-18-8-6-16(3)4/h11-12H,5-10,14H2,1-4H3,(H,15,17). The average Bonchev–Trinajstić information content (AvgIpc) is 2.29. The van der Waals surface area contributed by atoms with Crippen LogP contribution in [-0.4, -0.2) is 57.8 Å². The predicted molar refractivity (Wildman–Crippen MR) is 74.4 cm³/mol. The van der Waals surface area contributed by atoms with Crippen LogP contribution in [0.1, 0.15) is 20.3 Å². The van der Waals surface area contributed by atoms with E-state index in [9.17, 15) is 4.79 Å². The van der Waals surface area contributed by atoms with Crippen LogP contribution in [0.15, 0.2) is 0 Å². The Morgan fingerprint density at radius 2 is 2.00 bits per heavy atom. The highest BCUT2D eigenvalue weighted by Crippen LogP contribution is 2.10. The van der Waals surface area contributed by atoms with Crippen LogP contribution in [0.5, 0.6) is 0 Å². The maximum absolute atomic E-state index is 11.8. The van der Waals surface area contributed by atoms with Gasteiger partial charge in [-0.1, -0.05) is 13.8 Å². The van der Waals surface area contributed by atoms with Crippen molar-refractivity contribution in [2.75, 3.05) is 46.9 Å². The van der Waals surface area contributed by atoms with Crippen molar-refractivity contribution in [1.29, 1.82) is 0 Å². The minimum absolute atomic E-state index is 0.0439. The normalized spacial score (nSPS) is 13.1. The number of nitrogens with two attached hydrogens (primary N) is 1. The number of nitrogens with zero attached hydrogens (tertiary/aromatic N) is 1. The third kappa shape index (κ3) is 9.39. The van der Waals surface area contributed by atoms with Crippen molar-refractivity contribution in [3.63, 3.8) is 0 Å². The van der Waals surface area contributed by atoms with Crippen LogP contribution in [0.25, 0.3) is 0 Å². The van der Waals surface area contributed by atoms with E-state index in [0.29, 0.717) is 32.2 Å². The molecular weight excluding hydrogens is 230 g/mol. The number of ether oxygens (including phenoxy) is 1. The van der Waals surface area contributed by atoms with Crippen LogP contribution >= 0.6 is 0 Å². The summed E-state index contributed by atoms with van der Waals surface area (Å²) < 4.78 is 5.40. The molecule has 5 heteroatoms. The van der Waals surface area contributed by atoms with E-state index in [1.807, 2.05) is 14.1 Å². The van der Waals surface area contributed by atoms with Crippen molar-refractivity contribution >= 4 is 5.91 Å². The number of likely N-dealkylation sites (N-methyl/N-ethyl adjacent to an activating group) is 1. The molecule has 1 unspecified atom stereocenters. The van der Waals surface area contributed by atoms with Gasteiger partial charge in [0.05, 0.1) is 19.1 Å². The maximum Gasteiger partial charge on any atom is 0.224 e. The molecule has 0 radical (unpaired) electrons. The molecule has 3 N–H and O–H groups in total. The minimum atomic E-state index is -0.0771. The van der Waals surface area contributed by atoms with Gasteiger partial charge in [-0.25, -0.2) is 0 Å². The molecule has 0 fully saturated rings. The number of hydrogen-bond acceptors (Lipinski definition) is 4. The van der Waals surface area contributed by atoms with Crippen molar-refractivity contribution in [2.45, 2.75) is 20.3 Å². The van der Waals surface area contributed by atoms with Crippen LogP contribution in [0.2, 0.25) is 0 Å². The van der Waals surface area contributed by atoms with E-state index in [4.69, 9.17) is 10.5 Å². The zero-order valence-corrected chi connectivity index (χ0v) is 12.2. The highest BCUT2D eigenvalue weighted by molar-refractivity contribution is 5.78. The summed E-state index contributed by atoms with van der Waals surface area (Å²) in [5.74, 6) is 0.454. The monoisotopic (exact) mass is 259 g/mol. The van der Waals surface area contributed by atoms with Crippen LogP contribution in [-0.2, 0) is 9.53 Å². The van der Waals surface area contributed by atoms with Gasteiger partial charge in [0.15, 0.2) is 0 Å². The molecule has 0 aromatic carbocycles. The Hall–Kier alpha value is -0.650. The molecule has 1 atom stereocenters. The largest absolute Gasteiger partial charge is 0.378 e. The van der Waals surface area contributed by atoms with Crippen LogP contribution in [0.3, 0.4) is 0 Å². The Labute approximate surface area is 111 Å². The Kier molecular flexibility index (Phi) is 9.92. The fourth-order valence-corrected chi connectivity index (χ4v) is 1.62. The van der Waals surface area contributed by atoms with Gasteiger partial charge in [0.1, 0.15) is 0 Å². The summed E-state index contributed by atoms with van der Waals surface area (Å²) in [6.07, 6.45) is 0.837. The number of amides is 1. The third-order valence-electron chi connectivity index (χ3n) is 2.64. The molecule has 0 rings (SSSR count). The van der Waals surface area contributed by atoms with E-state index < -0.39 is 0 Å². The SMILES string of the molecule is CC(C)CC(CN)C(=O)NCCOCCN(C)C. The first-order valence-electron chi connectivity index (χ1n) is 6.67. The van der Waals surface area contributed by atoms with Gasteiger partial charge in [0.25, 0.3) is 0 Å². The zero-order chi connectivity index (χ0) is 14.0. The number of nitrogens with one attached hydrogen (secondary N) is 1. The average molecular weight is 259 g/mol.